The Morgan fingerprint density at radius 2 is 2.11 bits per heavy atom. The van der Waals surface area contributed by atoms with Gasteiger partial charge in [0.05, 0.1) is 40.6 Å². The minimum absolute atomic E-state index is 0.0209. The van der Waals surface area contributed by atoms with Crippen LogP contribution in [0.25, 0.3) is 5.57 Å². The van der Waals surface area contributed by atoms with Gasteiger partial charge in [-0.15, -0.1) is 0 Å². The Bertz CT molecular complexity index is 1290. The summed E-state index contributed by atoms with van der Waals surface area (Å²) in [4.78, 5) is 31.7. The van der Waals surface area contributed by atoms with Gasteiger partial charge in [-0.25, -0.2) is 4.39 Å². The number of Topliss-reactive ketones (excluding diaryl/α,β-unsaturated/α-hetero) is 1. The number of nitrogens with zero attached hydrogens (tertiary/aromatic N) is 2. The predicted octanol–water partition coefficient (Wildman–Crippen LogP) is 3.50. The molecule has 1 fully saturated rings. The Morgan fingerprint density at radius 3 is 2.73 bits per heavy atom. The highest BCUT2D eigenvalue weighted by molar-refractivity contribution is 5.99. The summed E-state index contributed by atoms with van der Waals surface area (Å²) in [5.41, 5.74) is 10.0. The first-order valence-corrected chi connectivity index (χ1v) is 12.5. The van der Waals surface area contributed by atoms with Crippen LogP contribution >= 0.6 is 0 Å². The average molecular weight is 507 g/mol. The summed E-state index contributed by atoms with van der Waals surface area (Å²) in [5.74, 6) is -0.455. The van der Waals surface area contributed by atoms with Gasteiger partial charge in [-0.1, -0.05) is 13.5 Å². The average Bonchev–Trinajstić information content (AvgIpc) is 3.67. The number of hydrogen-bond acceptors (Lipinski definition) is 7. The third-order valence-electron chi connectivity index (χ3n) is 6.91. The maximum absolute atomic E-state index is 14.1. The van der Waals surface area contributed by atoms with Crippen LogP contribution < -0.4 is 21.7 Å². The van der Waals surface area contributed by atoms with Crippen molar-refractivity contribution in [2.75, 3.05) is 7.05 Å². The molecule has 1 aliphatic carbocycles. The number of nitrogens with one attached hydrogen (secondary N) is 3. The summed E-state index contributed by atoms with van der Waals surface area (Å²) >= 11 is 0. The largest absolute Gasteiger partial charge is 0.402 e. The monoisotopic (exact) mass is 506 g/mol. The number of amides is 1. The molecule has 3 heterocycles. The van der Waals surface area contributed by atoms with Gasteiger partial charge in [0, 0.05) is 42.4 Å². The number of aromatic nitrogens is 1. The fraction of sp³-hybridized carbons (Fsp3) is 0.393. The summed E-state index contributed by atoms with van der Waals surface area (Å²) in [6.07, 6.45) is 8.51. The first-order chi connectivity index (χ1) is 17.4. The van der Waals surface area contributed by atoms with Crippen LogP contribution in [-0.2, 0) is 9.59 Å². The normalized spacial score (nSPS) is 23.5. The van der Waals surface area contributed by atoms with E-state index in [2.05, 4.69) is 27.5 Å². The minimum Gasteiger partial charge on any atom is -0.402 e. The Balaban J connectivity index is 1.76. The molecule has 37 heavy (non-hydrogen) atoms. The molecule has 0 saturated heterocycles. The summed E-state index contributed by atoms with van der Waals surface area (Å²) < 4.78 is 14.1. The number of halogens is 1. The second-order valence-corrected chi connectivity index (χ2v) is 10.1. The zero-order valence-corrected chi connectivity index (χ0v) is 22.0. The van der Waals surface area contributed by atoms with E-state index in [9.17, 15) is 14.0 Å². The molecule has 1 aromatic rings. The lowest BCUT2D eigenvalue weighted by molar-refractivity contribution is -0.123. The van der Waals surface area contributed by atoms with Crippen molar-refractivity contribution in [2.45, 2.75) is 58.7 Å². The van der Waals surface area contributed by atoms with Gasteiger partial charge in [0.25, 0.3) is 0 Å². The third kappa shape index (κ3) is 5.30. The van der Waals surface area contributed by atoms with Crippen LogP contribution in [0.2, 0.25) is 0 Å². The molecule has 2 atom stereocenters. The van der Waals surface area contributed by atoms with Crippen molar-refractivity contribution >= 4 is 17.3 Å². The standard InChI is InChI=1S/C28H35FN6O2/c1-7-24(36)22-14-32-28(5,34-27(37)18-8-9-18)12-23(22)33-16(3)26-21(10-15(2)30)25-20(17(4)35(26)6)11-19(29)13-31-25/h10-14,17-18,32-33H,3,7-9,30H2,1-2,4-6H3,(H,34,37)/b15-10-/t17-,28?/m1/s1. The van der Waals surface area contributed by atoms with Crippen LogP contribution in [0.5, 0.6) is 0 Å². The molecule has 0 bridgehead atoms. The Labute approximate surface area is 217 Å². The minimum atomic E-state index is -0.887. The first kappa shape index (κ1) is 26.2. The quantitative estimate of drug-likeness (QED) is 0.427. The van der Waals surface area contributed by atoms with Gasteiger partial charge in [0.1, 0.15) is 11.5 Å². The lowest BCUT2D eigenvalue weighted by Gasteiger charge is -2.38. The van der Waals surface area contributed by atoms with Crippen molar-refractivity contribution in [1.29, 1.82) is 0 Å². The van der Waals surface area contributed by atoms with Crippen LogP contribution in [0.4, 0.5) is 4.39 Å². The fourth-order valence-corrected chi connectivity index (χ4v) is 4.67. The van der Waals surface area contributed by atoms with Crippen molar-refractivity contribution in [2.24, 2.45) is 11.7 Å². The lowest BCUT2D eigenvalue weighted by Crippen LogP contribution is -2.56. The van der Waals surface area contributed by atoms with E-state index in [0.717, 1.165) is 24.1 Å². The van der Waals surface area contributed by atoms with E-state index in [-0.39, 0.29) is 23.7 Å². The zero-order valence-electron chi connectivity index (χ0n) is 22.0. The molecule has 196 valence electrons. The number of pyridine rings is 1. The van der Waals surface area contributed by atoms with E-state index in [1.165, 1.54) is 12.3 Å². The lowest BCUT2D eigenvalue weighted by atomic mass is 9.91. The molecule has 9 heteroatoms. The van der Waals surface area contributed by atoms with E-state index in [1.54, 1.807) is 32.2 Å². The number of hydrogen-bond donors (Lipinski definition) is 4. The molecule has 0 radical (unpaired) electrons. The summed E-state index contributed by atoms with van der Waals surface area (Å²) in [6.45, 7) is 11.7. The number of dihydropyridines is 1. The highest BCUT2D eigenvalue weighted by Gasteiger charge is 2.37. The second-order valence-electron chi connectivity index (χ2n) is 10.1. The topological polar surface area (TPSA) is 112 Å². The van der Waals surface area contributed by atoms with Gasteiger partial charge in [-0.2, -0.15) is 0 Å². The molecule has 1 amide bonds. The van der Waals surface area contributed by atoms with Crippen LogP contribution in [0.15, 0.2) is 65.6 Å². The molecule has 0 spiro atoms. The Morgan fingerprint density at radius 1 is 1.41 bits per heavy atom. The van der Waals surface area contributed by atoms with E-state index < -0.39 is 11.5 Å². The van der Waals surface area contributed by atoms with Crippen LogP contribution in [0.1, 0.15) is 64.3 Å². The SMILES string of the molecule is C=C(NC1=CC(C)(NC(=O)C2CC2)NC=C1C(=O)CC)C1=C(/C=C(/C)N)c2ncc(F)cc2[C@@H](C)N1C. The van der Waals surface area contributed by atoms with Crippen molar-refractivity contribution in [3.05, 3.63) is 82.6 Å². The number of likely N-dealkylation sites (N-methyl/N-ethyl adjacent to an activating group) is 1. The zero-order chi connectivity index (χ0) is 27.1. The highest BCUT2D eigenvalue weighted by Crippen LogP contribution is 2.40. The maximum atomic E-state index is 14.1. The second kappa shape index (κ2) is 9.88. The highest BCUT2D eigenvalue weighted by atomic mass is 19.1. The van der Waals surface area contributed by atoms with E-state index >= 15 is 0 Å². The number of carbonyl (C=O) groups excluding carboxylic acids is 2. The molecule has 0 aromatic carbocycles. The fourth-order valence-electron chi connectivity index (χ4n) is 4.67. The molecule has 1 aromatic heterocycles. The molecule has 5 N–H and O–H groups in total. The van der Waals surface area contributed by atoms with Gasteiger partial charge in [-0.05, 0) is 51.8 Å². The third-order valence-corrected chi connectivity index (χ3v) is 6.91. The van der Waals surface area contributed by atoms with Crippen LogP contribution in [0, 0.1) is 11.7 Å². The Hall–Kier alpha value is -3.88. The van der Waals surface area contributed by atoms with Gasteiger partial charge < -0.3 is 26.6 Å². The van der Waals surface area contributed by atoms with Crippen molar-refractivity contribution in [1.82, 2.24) is 25.8 Å². The van der Waals surface area contributed by atoms with Gasteiger partial charge in [0.2, 0.25) is 5.91 Å². The van der Waals surface area contributed by atoms with Gasteiger partial charge >= 0.3 is 0 Å². The first-order valence-electron chi connectivity index (χ1n) is 12.5. The summed E-state index contributed by atoms with van der Waals surface area (Å²) in [5, 5.41) is 9.55. The Kier molecular flexibility index (Phi) is 6.99. The van der Waals surface area contributed by atoms with Crippen molar-refractivity contribution < 1.29 is 14.0 Å². The van der Waals surface area contributed by atoms with E-state index in [4.69, 9.17) is 5.73 Å². The number of nitrogens with two attached hydrogens (primary N) is 1. The molecular formula is C28H35FN6O2. The van der Waals surface area contributed by atoms with Gasteiger partial charge in [0.15, 0.2) is 5.78 Å². The molecule has 1 unspecified atom stereocenters. The van der Waals surface area contributed by atoms with E-state index in [1.807, 2.05) is 25.8 Å². The van der Waals surface area contributed by atoms with Crippen LogP contribution in [-0.4, -0.2) is 34.3 Å². The molecule has 3 aliphatic rings. The number of carbonyl (C=O) groups is 2. The molecule has 2 aliphatic heterocycles. The molecule has 8 nitrogen and oxygen atoms in total. The van der Waals surface area contributed by atoms with E-state index in [0.29, 0.717) is 40.4 Å². The summed E-state index contributed by atoms with van der Waals surface area (Å²) in [6, 6.07) is 1.29. The van der Waals surface area contributed by atoms with Gasteiger partial charge in [-0.3, -0.25) is 14.6 Å². The molecule has 1 saturated carbocycles. The van der Waals surface area contributed by atoms with Crippen molar-refractivity contribution in [3.8, 4) is 0 Å². The maximum Gasteiger partial charge on any atom is 0.225 e. The number of rotatable bonds is 8. The van der Waals surface area contributed by atoms with Crippen LogP contribution in [0.3, 0.4) is 0 Å². The number of fused-ring (bicyclic) bond motifs is 1. The smallest absolute Gasteiger partial charge is 0.225 e. The predicted molar refractivity (Wildman–Crippen MR) is 141 cm³/mol. The summed E-state index contributed by atoms with van der Waals surface area (Å²) in [7, 11) is 1.89. The molecule has 4 rings (SSSR count). The molecular weight excluding hydrogens is 471 g/mol. The number of ketones is 1. The van der Waals surface area contributed by atoms with Crippen molar-refractivity contribution in [3.63, 3.8) is 0 Å². The number of allylic oxidation sites excluding steroid dienone is 4.